The molecule has 0 radical (unpaired) electrons. The minimum absolute atomic E-state index is 0.0982. The van der Waals surface area contributed by atoms with E-state index < -0.39 is 4.92 Å². The van der Waals surface area contributed by atoms with Gasteiger partial charge in [0.15, 0.2) is 0 Å². The number of nitrogens with zero attached hydrogens (tertiary/aromatic N) is 1. The van der Waals surface area contributed by atoms with E-state index in [2.05, 4.69) is 5.32 Å². The summed E-state index contributed by atoms with van der Waals surface area (Å²) < 4.78 is 5.23. The number of methoxy groups -OCH3 is 1. The zero-order chi connectivity index (χ0) is 13.7. The monoisotopic (exact) mass is 258 g/mol. The van der Waals surface area contributed by atoms with Gasteiger partial charge in [-0.1, -0.05) is 24.3 Å². The molecule has 98 valence electrons. The number of para-hydroxylation sites is 2. The quantitative estimate of drug-likeness (QED) is 0.660. The van der Waals surface area contributed by atoms with Crippen LogP contribution >= 0.6 is 0 Å². The van der Waals surface area contributed by atoms with Gasteiger partial charge >= 0.3 is 0 Å². The maximum absolute atomic E-state index is 10.5. The third-order valence-electron chi connectivity index (χ3n) is 2.74. The molecule has 5 heteroatoms. The lowest BCUT2D eigenvalue weighted by atomic mass is 10.2. The van der Waals surface area contributed by atoms with Crippen LogP contribution in [0.1, 0.15) is 5.56 Å². The highest BCUT2D eigenvalue weighted by molar-refractivity contribution is 5.56. The van der Waals surface area contributed by atoms with E-state index in [9.17, 15) is 10.1 Å². The number of ether oxygens (including phenoxy) is 1. The summed E-state index contributed by atoms with van der Waals surface area (Å²) in [6.45, 7) is 0.582. The van der Waals surface area contributed by atoms with E-state index in [-0.39, 0.29) is 5.69 Å². The first-order valence-electron chi connectivity index (χ1n) is 5.81. The second-order valence-electron chi connectivity index (χ2n) is 3.98. The van der Waals surface area contributed by atoms with Crippen LogP contribution in [-0.2, 0) is 6.54 Å². The highest BCUT2D eigenvalue weighted by Gasteiger charge is 2.04. The fourth-order valence-corrected chi connectivity index (χ4v) is 1.72. The van der Waals surface area contributed by atoms with Gasteiger partial charge < -0.3 is 10.1 Å². The van der Waals surface area contributed by atoms with Gasteiger partial charge in [0, 0.05) is 18.7 Å². The molecule has 0 aliphatic heterocycles. The van der Waals surface area contributed by atoms with Crippen molar-refractivity contribution in [3.8, 4) is 5.75 Å². The number of anilines is 1. The average molecular weight is 258 g/mol. The summed E-state index contributed by atoms with van der Waals surface area (Å²) in [7, 11) is 1.62. The topological polar surface area (TPSA) is 64.4 Å². The van der Waals surface area contributed by atoms with Crippen LogP contribution < -0.4 is 10.1 Å². The molecule has 2 aromatic carbocycles. The molecule has 5 nitrogen and oxygen atoms in total. The molecule has 0 heterocycles. The SMILES string of the molecule is COc1ccccc1NCc1ccc([N+](=O)[O-])cc1. The van der Waals surface area contributed by atoms with Crippen LogP contribution in [0.4, 0.5) is 11.4 Å². The molecule has 0 aliphatic carbocycles. The van der Waals surface area contributed by atoms with Crippen LogP contribution in [0.15, 0.2) is 48.5 Å². The van der Waals surface area contributed by atoms with Crippen molar-refractivity contribution in [1.29, 1.82) is 0 Å². The Morgan fingerprint density at radius 2 is 1.84 bits per heavy atom. The van der Waals surface area contributed by atoms with Gasteiger partial charge in [0.25, 0.3) is 5.69 Å². The smallest absolute Gasteiger partial charge is 0.269 e. The molecule has 0 aliphatic rings. The lowest BCUT2D eigenvalue weighted by Crippen LogP contribution is -2.01. The van der Waals surface area contributed by atoms with Crippen LogP contribution in [0.3, 0.4) is 0 Å². The molecule has 19 heavy (non-hydrogen) atoms. The van der Waals surface area contributed by atoms with E-state index in [1.54, 1.807) is 19.2 Å². The van der Waals surface area contributed by atoms with E-state index in [0.717, 1.165) is 17.0 Å². The van der Waals surface area contributed by atoms with Gasteiger partial charge in [0.05, 0.1) is 17.7 Å². The minimum atomic E-state index is -0.405. The number of benzene rings is 2. The molecule has 0 saturated heterocycles. The lowest BCUT2D eigenvalue weighted by Gasteiger charge is -2.10. The molecule has 2 aromatic rings. The molecule has 0 unspecified atom stereocenters. The van der Waals surface area contributed by atoms with E-state index >= 15 is 0 Å². The minimum Gasteiger partial charge on any atom is -0.495 e. The Morgan fingerprint density at radius 1 is 1.16 bits per heavy atom. The van der Waals surface area contributed by atoms with Gasteiger partial charge in [-0.2, -0.15) is 0 Å². The maximum Gasteiger partial charge on any atom is 0.269 e. The summed E-state index contributed by atoms with van der Waals surface area (Å²) in [4.78, 5) is 10.1. The van der Waals surface area contributed by atoms with Gasteiger partial charge in [-0.05, 0) is 17.7 Å². The third kappa shape index (κ3) is 3.22. The van der Waals surface area contributed by atoms with Crippen molar-refractivity contribution < 1.29 is 9.66 Å². The Morgan fingerprint density at radius 3 is 2.47 bits per heavy atom. The Hall–Kier alpha value is -2.56. The van der Waals surface area contributed by atoms with Crippen molar-refractivity contribution in [2.24, 2.45) is 0 Å². The number of hydrogen-bond donors (Lipinski definition) is 1. The second-order valence-corrected chi connectivity index (χ2v) is 3.98. The first-order valence-corrected chi connectivity index (χ1v) is 5.81. The van der Waals surface area contributed by atoms with E-state index in [0.29, 0.717) is 6.54 Å². The molecule has 0 atom stereocenters. The van der Waals surface area contributed by atoms with Gasteiger partial charge in [-0.15, -0.1) is 0 Å². The first kappa shape index (κ1) is 12.9. The average Bonchev–Trinajstić information content (AvgIpc) is 2.45. The molecule has 0 amide bonds. The summed E-state index contributed by atoms with van der Waals surface area (Å²) in [5.41, 5.74) is 1.96. The number of nitrogens with one attached hydrogen (secondary N) is 1. The molecular formula is C14H14N2O3. The van der Waals surface area contributed by atoms with Crippen LogP contribution in [-0.4, -0.2) is 12.0 Å². The Balaban J connectivity index is 2.04. The highest BCUT2D eigenvalue weighted by atomic mass is 16.6. The van der Waals surface area contributed by atoms with Crippen molar-refractivity contribution in [1.82, 2.24) is 0 Å². The van der Waals surface area contributed by atoms with Crippen molar-refractivity contribution in [3.05, 3.63) is 64.2 Å². The summed E-state index contributed by atoms with van der Waals surface area (Å²) in [6.07, 6.45) is 0. The van der Waals surface area contributed by atoms with Gasteiger partial charge in [0.1, 0.15) is 5.75 Å². The van der Waals surface area contributed by atoms with Crippen molar-refractivity contribution in [2.45, 2.75) is 6.54 Å². The zero-order valence-corrected chi connectivity index (χ0v) is 10.5. The van der Waals surface area contributed by atoms with Gasteiger partial charge in [0.2, 0.25) is 0 Å². The van der Waals surface area contributed by atoms with Crippen LogP contribution in [0.25, 0.3) is 0 Å². The van der Waals surface area contributed by atoms with Crippen molar-refractivity contribution >= 4 is 11.4 Å². The predicted octanol–water partition coefficient (Wildman–Crippen LogP) is 3.22. The molecule has 0 saturated carbocycles. The molecule has 0 fully saturated rings. The van der Waals surface area contributed by atoms with Gasteiger partial charge in [-0.3, -0.25) is 10.1 Å². The summed E-state index contributed by atoms with van der Waals surface area (Å²) >= 11 is 0. The molecule has 0 aromatic heterocycles. The molecule has 2 rings (SSSR count). The summed E-state index contributed by atoms with van der Waals surface area (Å²) in [5, 5.41) is 13.8. The fraction of sp³-hybridized carbons (Fsp3) is 0.143. The Kier molecular flexibility index (Phi) is 3.97. The standard InChI is InChI=1S/C14H14N2O3/c1-19-14-5-3-2-4-13(14)15-10-11-6-8-12(9-7-11)16(17)18/h2-9,15H,10H2,1H3. The van der Waals surface area contributed by atoms with E-state index in [4.69, 9.17) is 4.74 Å². The molecule has 0 bridgehead atoms. The summed E-state index contributed by atoms with van der Waals surface area (Å²) in [5.74, 6) is 0.768. The number of hydrogen-bond acceptors (Lipinski definition) is 4. The van der Waals surface area contributed by atoms with Crippen molar-refractivity contribution in [2.75, 3.05) is 12.4 Å². The molecule has 1 N–H and O–H groups in total. The zero-order valence-electron chi connectivity index (χ0n) is 10.5. The second kappa shape index (κ2) is 5.86. The van der Waals surface area contributed by atoms with E-state index in [1.165, 1.54) is 12.1 Å². The number of rotatable bonds is 5. The van der Waals surface area contributed by atoms with Crippen molar-refractivity contribution in [3.63, 3.8) is 0 Å². The largest absolute Gasteiger partial charge is 0.495 e. The normalized spacial score (nSPS) is 9.95. The van der Waals surface area contributed by atoms with Gasteiger partial charge in [-0.25, -0.2) is 0 Å². The maximum atomic E-state index is 10.5. The number of non-ortho nitro benzene ring substituents is 1. The Bertz CT molecular complexity index is 567. The fourth-order valence-electron chi connectivity index (χ4n) is 1.72. The van der Waals surface area contributed by atoms with Crippen LogP contribution in [0, 0.1) is 10.1 Å². The lowest BCUT2D eigenvalue weighted by molar-refractivity contribution is -0.384. The summed E-state index contributed by atoms with van der Waals surface area (Å²) in [6, 6.07) is 14.1. The Labute approximate surface area is 111 Å². The molecular weight excluding hydrogens is 244 g/mol. The number of nitro benzene ring substituents is 1. The third-order valence-corrected chi connectivity index (χ3v) is 2.74. The number of nitro groups is 1. The van der Waals surface area contributed by atoms with Crippen LogP contribution in [0.2, 0.25) is 0 Å². The molecule has 0 spiro atoms. The highest BCUT2D eigenvalue weighted by Crippen LogP contribution is 2.23. The van der Waals surface area contributed by atoms with E-state index in [1.807, 2.05) is 24.3 Å². The predicted molar refractivity (Wildman–Crippen MR) is 73.4 cm³/mol. The van der Waals surface area contributed by atoms with Crippen LogP contribution in [0.5, 0.6) is 5.75 Å². The first-order chi connectivity index (χ1) is 9.20.